The number of fused-ring (bicyclic) bond motifs is 1. The number of benzene rings is 1. The highest BCUT2D eigenvalue weighted by Gasteiger charge is 2.08. The third-order valence-electron chi connectivity index (χ3n) is 4.33. The van der Waals surface area contributed by atoms with E-state index in [9.17, 15) is 0 Å². The summed E-state index contributed by atoms with van der Waals surface area (Å²) in [7, 11) is 1.67. The number of nitrogens with zero attached hydrogens (tertiary/aromatic N) is 2. The summed E-state index contributed by atoms with van der Waals surface area (Å²) in [6.45, 7) is 7.34. The molecule has 0 aliphatic rings. The van der Waals surface area contributed by atoms with Crippen LogP contribution in [0.25, 0.3) is 10.9 Å². The first-order chi connectivity index (χ1) is 11.7. The molecule has 0 bridgehead atoms. The highest BCUT2D eigenvalue weighted by molar-refractivity contribution is 5.91. The van der Waals surface area contributed by atoms with Crippen molar-refractivity contribution in [1.29, 1.82) is 0 Å². The lowest BCUT2D eigenvalue weighted by atomic mass is 10.1. The quantitative estimate of drug-likeness (QED) is 0.700. The summed E-state index contributed by atoms with van der Waals surface area (Å²) in [5.41, 5.74) is 2.05. The highest BCUT2D eigenvalue weighted by Crippen LogP contribution is 2.26. The zero-order valence-electron chi connectivity index (χ0n) is 15.0. The van der Waals surface area contributed by atoms with Crippen molar-refractivity contribution in [1.82, 2.24) is 9.88 Å². The SMILES string of the molecule is CCN(CCO)CCCC(C)Nc1ccnc2cc(OC)ccc12. The van der Waals surface area contributed by atoms with Gasteiger partial charge in [-0.2, -0.15) is 0 Å². The van der Waals surface area contributed by atoms with Gasteiger partial charge in [0.1, 0.15) is 5.75 Å². The maximum atomic E-state index is 9.04. The van der Waals surface area contributed by atoms with Crippen LogP contribution in [0.1, 0.15) is 26.7 Å². The lowest BCUT2D eigenvalue weighted by Gasteiger charge is -2.21. The minimum atomic E-state index is 0.230. The van der Waals surface area contributed by atoms with Crippen molar-refractivity contribution >= 4 is 16.6 Å². The highest BCUT2D eigenvalue weighted by atomic mass is 16.5. The van der Waals surface area contributed by atoms with Crippen LogP contribution in [0.15, 0.2) is 30.5 Å². The molecule has 2 N–H and O–H groups in total. The van der Waals surface area contributed by atoms with Crippen LogP contribution in [0.5, 0.6) is 5.75 Å². The van der Waals surface area contributed by atoms with E-state index < -0.39 is 0 Å². The fraction of sp³-hybridized carbons (Fsp3) is 0.526. The van der Waals surface area contributed by atoms with Crippen LogP contribution in [-0.4, -0.2) is 54.4 Å². The smallest absolute Gasteiger partial charge is 0.121 e. The van der Waals surface area contributed by atoms with Crippen LogP contribution in [0.3, 0.4) is 0 Å². The zero-order chi connectivity index (χ0) is 17.4. The number of aliphatic hydroxyl groups excluding tert-OH is 1. The molecule has 1 unspecified atom stereocenters. The molecule has 5 nitrogen and oxygen atoms in total. The van der Waals surface area contributed by atoms with Gasteiger partial charge >= 0.3 is 0 Å². The summed E-state index contributed by atoms with van der Waals surface area (Å²) in [4.78, 5) is 6.70. The van der Waals surface area contributed by atoms with Gasteiger partial charge in [-0.3, -0.25) is 4.98 Å². The predicted octanol–water partition coefficient (Wildman–Crippen LogP) is 3.14. The minimum absolute atomic E-state index is 0.230. The molecule has 1 aromatic carbocycles. The van der Waals surface area contributed by atoms with Gasteiger partial charge < -0.3 is 20.1 Å². The summed E-state index contributed by atoms with van der Waals surface area (Å²) in [5, 5.41) is 13.7. The van der Waals surface area contributed by atoms with Crippen LogP contribution < -0.4 is 10.1 Å². The molecule has 2 rings (SSSR count). The van der Waals surface area contributed by atoms with Crippen molar-refractivity contribution in [3.8, 4) is 5.75 Å². The van der Waals surface area contributed by atoms with E-state index in [0.29, 0.717) is 6.04 Å². The van der Waals surface area contributed by atoms with Crippen LogP contribution in [0.4, 0.5) is 5.69 Å². The first-order valence-corrected chi connectivity index (χ1v) is 8.70. The van der Waals surface area contributed by atoms with Crippen LogP contribution in [0, 0.1) is 0 Å². The Bertz CT molecular complexity index is 633. The lowest BCUT2D eigenvalue weighted by Crippen LogP contribution is -2.28. The van der Waals surface area contributed by atoms with E-state index in [0.717, 1.165) is 54.8 Å². The molecule has 0 saturated heterocycles. The van der Waals surface area contributed by atoms with Crippen LogP contribution in [-0.2, 0) is 0 Å². The van der Waals surface area contributed by atoms with Crippen molar-refractivity contribution in [3.05, 3.63) is 30.5 Å². The standard InChI is InChI=1S/C19H29N3O2/c1-4-22(12-13-23)11-5-6-15(2)21-18-9-10-20-19-14-16(24-3)7-8-17(18)19/h7-10,14-15,23H,4-6,11-13H2,1-3H3,(H,20,21). The summed E-state index contributed by atoms with van der Waals surface area (Å²) in [5.74, 6) is 0.823. The van der Waals surface area contributed by atoms with Crippen molar-refractivity contribution in [2.75, 3.05) is 38.7 Å². The average molecular weight is 331 g/mol. The van der Waals surface area contributed by atoms with Gasteiger partial charge in [-0.05, 0) is 51.1 Å². The second kappa shape index (κ2) is 9.45. The molecule has 2 aromatic rings. The van der Waals surface area contributed by atoms with Crippen molar-refractivity contribution in [2.24, 2.45) is 0 Å². The van der Waals surface area contributed by atoms with E-state index in [1.165, 1.54) is 0 Å². The molecule has 132 valence electrons. The van der Waals surface area contributed by atoms with Crippen molar-refractivity contribution in [2.45, 2.75) is 32.7 Å². The van der Waals surface area contributed by atoms with Gasteiger partial charge in [0.15, 0.2) is 0 Å². The van der Waals surface area contributed by atoms with Gasteiger partial charge in [0.2, 0.25) is 0 Å². The van der Waals surface area contributed by atoms with Crippen LogP contribution >= 0.6 is 0 Å². The molecular formula is C19H29N3O2. The predicted molar refractivity (Wildman–Crippen MR) is 99.8 cm³/mol. The number of ether oxygens (including phenoxy) is 1. The number of methoxy groups -OCH3 is 1. The number of rotatable bonds is 10. The molecule has 0 saturated carbocycles. The molecule has 1 atom stereocenters. The van der Waals surface area contributed by atoms with E-state index in [2.05, 4.69) is 35.1 Å². The van der Waals surface area contributed by atoms with Gasteiger partial charge in [-0.1, -0.05) is 6.92 Å². The van der Waals surface area contributed by atoms with E-state index >= 15 is 0 Å². The third-order valence-corrected chi connectivity index (χ3v) is 4.33. The largest absolute Gasteiger partial charge is 0.497 e. The second-order valence-corrected chi connectivity index (χ2v) is 6.09. The number of aliphatic hydroxyl groups is 1. The molecular weight excluding hydrogens is 302 g/mol. The Morgan fingerprint density at radius 2 is 2.12 bits per heavy atom. The fourth-order valence-corrected chi connectivity index (χ4v) is 2.91. The molecule has 0 aliphatic heterocycles. The summed E-state index contributed by atoms with van der Waals surface area (Å²) in [6.07, 6.45) is 4.03. The third kappa shape index (κ3) is 5.08. The van der Waals surface area contributed by atoms with Gasteiger partial charge in [-0.15, -0.1) is 0 Å². The molecule has 0 spiro atoms. The number of hydrogen-bond donors (Lipinski definition) is 2. The molecule has 0 radical (unpaired) electrons. The monoisotopic (exact) mass is 331 g/mol. The Kier molecular flexibility index (Phi) is 7.28. The molecule has 1 aromatic heterocycles. The number of pyridine rings is 1. The van der Waals surface area contributed by atoms with Gasteiger partial charge in [0.25, 0.3) is 0 Å². The first-order valence-electron chi connectivity index (χ1n) is 8.70. The maximum Gasteiger partial charge on any atom is 0.121 e. The Hall–Kier alpha value is -1.85. The average Bonchev–Trinajstić information content (AvgIpc) is 2.60. The molecule has 5 heteroatoms. The Morgan fingerprint density at radius 1 is 1.29 bits per heavy atom. The molecule has 0 aliphatic carbocycles. The Morgan fingerprint density at radius 3 is 2.83 bits per heavy atom. The number of anilines is 1. The Labute approximate surface area is 144 Å². The molecule has 24 heavy (non-hydrogen) atoms. The molecule has 0 fully saturated rings. The normalized spacial score (nSPS) is 12.5. The first kappa shape index (κ1) is 18.5. The topological polar surface area (TPSA) is 57.6 Å². The number of hydrogen-bond acceptors (Lipinski definition) is 5. The molecule has 1 heterocycles. The van der Waals surface area contributed by atoms with Gasteiger partial charge in [0.05, 0.1) is 19.2 Å². The van der Waals surface area contributed by atoms with Gasteiger partial charge in [-0.25, -0.2) is 0 Å². The summed E-state index contributed by atoms with van der Waals surface area (Å²) >= 11 is 0. The number of nitrogens with one attached hydrogen (secondary N) is 1. The summed E-state index contributed by atoms with van der Waals surface area (Å²) < 4.78 is 5.27. The zero-order valence-corrected chi connectivity index (χ0v) is 15.0. The minimum Gasteiger partial charge on any atom is -0.497 e. The van der Waals surface area contributed by atoms with E-state index in [1.807, 2.05) is 24.4 Å². The number of aromatic nitrogens is 1. The van der Waals surface area contributed by atoms with E-state index in [1.54, 1.807) is 7.11 Å². The van der Waals surface area contributed by atoms with Crippen molar-refractivity contribution < 1.29 is 9.84 Å². The maximum absolute atomic E-state index is 9.04. The molecule has 0 amide bonds. The van der Waals surface area contributed by atoms with E-state index in [-0.39, 0.29) is 6.61 Å². The van der Waals surface area contributed by atoms with Crippen molar-refractivity contribution in [3.63, 3.8) is 0 Å². The van der Waals surface area contributed by atoms with E-state index in [4.69, 9.17) is 9.84 Å². The number of likely N-dealkylation sites (N-methyl/N-ethyl adjacent to an activating group) is 1. The lowest BCUT2D eigenvalue weighted by molar-refractivity contribution is 0.199. The summed E-state index contributed by atoms with van der Waals surface area (Å²) in [6, 6.07) is 8.38. The van der Waals surface area contributed by atoms with Gasteiger partial charge in [0, 0.05) is 35.9 Å². The Balaban J connectivity index is 1.94. The fourth-order valence-electron chi connectivity index (χ4n) is 2.91. The second-order valence-electron chi connectivity index (χ2n) is 6.09. The van der Waals surface area contributed by atoms with Crippen LogP contribution in [0.2, 0.25) is 0 Å².